The van der Waals surface area contributed by atoms with Crippen molar-refractivity contribution in [3.8, 4) is 0 Å². The first-order chi connectivity index (χ1) is 8.46. The van der Waals surface area contributed by atoms with E-state index in [1.807, 2.05) is 6.92 Å². The predicted octanol–water partition coefficient (Wildman–Crippen LogP) is 1.37. The molecule has 2 rings (SSSR count). The Hall–Kier alpha value is -1.68. The van der Waals surface area contributed by atoms with E-state index < -0.39 is 23.4 Å². The Morgan fingerprint density at radius 1 is 1.50 bits per heavy atom. The van der Waals surface area contributed by atoms with Gasteiger partial charge in [-0.05, 0) is 13.0 Å². The maximum atomic E-state index is 12.2. The summed E-state index contributed by atoms with van der Waals surface area (Å²) >= 11 is 0. The first-order valence-electron chi connectivity index (χ1n) is 5.90. The van der Waals surface area contributed by atoms with Crippen LogP contribution in [0.4, 0.5) is 0 Å². The second-order valence-corrected chi connectivity index (χ2v) is 4.73. The number of aliphatic hydroxyl groups excluding tert-OH is 1. The van der Waals surface area contributed by atoms with Gasteiger partial charge in [-0.25, -0.2) is 0 Å². The third-order valence-electron chi connectivity index (χ3n) is 3.90. The highest BCUT2D eigenvalue weighted by molar-refractivity contribution is 5.99. The van der Waals surface area contributed by atoms with E-state index in [1.54, 1.807) is 25.2 Å². The number of ether oxygens (including phenoxy) is 1. The Balaban J connectivity index is 2.62. The van der Waals surface area contributed by atoms with Crippen molar-refractivity contribution in [3.63, 3.8) is 0 Å². The lowest BCUT2D eigenvalue weighted by Crippen LogP contribution is -2.51. The van der Waals surface area contributed by atoms with Crippen LogP contribution in [0.3, 0.4) is 0 Å². The van der Waals surface area contributed by atoms with Gasteiger partial charge in [0.25, 0.3) is 0 Å². The first kappa shape index (κ1) is 12.8. The summed E-state index contributed by atoms with van der Waals surface area (Å²) < 4.78 is 4.96. The van der Waals surface area contributed by atoms with Crippen molar-refractivity contribution in [2.45, 2.75) is 20.0 Å². The molecule has 0 aromatic rings. The minimum atomic E-state index is -1.27. The summed E-state index contributed by atoms with van der Waals surface area (Å²) in [5, 5.41) is 10.3. The number of allylic oxidation sites excluding steroid dienone is 4. The van der Waals surface area contributed by atoms with E-state index in [2.05, 4.69) is 6.58 Å². The molecule has 0 aromatic heterocycles. The van der Waals surface area contributed by atoms with Crippen molar-refractivity contribution < 1.29 is 19.4 Å². The molecule has 0 radical (unpaired) electrons. The Bertz CT molecular complexity index is 474. The van der Waals surface area contributed by atoms with E-state index in [1.165, 1.54) is 6.08 Å². The fraction of sp³-hybridized carbons (Fsp3) is 0.429. The van der Waals surface area contributed by atoms with Crippen LogP contribution in [-0.2, 0) is 14.3 Å². The standard InChI is InChI=1S/C14H16O4/c1-4-5-10-6-7-11(15)8(2)14(10)12(16)9(3)18-13(14)17/h4-8,10,12,16H,3H2,1-2H3. The van der Waals surface area contributed by atoms with Gasteiger partial charge in [-0.1, -0.05) is 31.7 Å². The van der Waals surface area contributed by atoms with Crippen LogP contribution in [0, 0.1) is 17.3 Å². The van der Waals surface area contributed by atoms with Gasteiger partial charge >= 0.3 is 5.97 Å². The molecule has 1 fully saturated rings. The first-order valence-corrected chi connectivity index (χ1v) is 5.90. The molecule has 4 unspecified atom stereocenters. The number of cyclic esters (lactones) is 1. The van der Waals surface area contributed by atoms with E-state index in [9.17, 15) is 14.7 Å². The third kappa shape index (κ3) is 1.42. The molecule has 1 saturated heterocycles. The number of esters is 1. The lowest BCUT2D eigenvalue weighted by Gasteiger charge is -2.39. The average Bonchev–Trinajstić information content (AvgIpc) is 2.54. The summed E-state index contributed by atoms with van der Waals surface area (Å²) in [5.41, 5.74) is -1.27. The van der Waals surface area contributed by atoms with Crippen LogP contribution < -0.4 is 0 Å². The smallest absolute Gasteiger partial charge is 0.322 e. The maximum Gasteiger partial charge on any atom is 0.322 e. The zero-order valence-corrected chi connectivity index (χ0v) is 10.4. The maximum absolute atomic E-state index is 12.2. The minimum absolute atomic E-state index is 0.0180. The van der Waals surface area contributed by atoms with Gasteiger partial charge < -0.3 is 9.84 Å². The highest BCUT2D eigenvalue weighted by Gasteiger charge is 2.63. The number of rotatable bonds is 1. The van der Waals surface area contributed by atoms with Crippen LogP contribution in [0.1, 0.15) is 13.8 Å². The molecule has 1 aliphatic heterocycles. The third-order valence-corrected chi connectivity index (χ3v) is 3.90. The molecular formula is C14H16O4. The van der Waals surface area contributed by atoms with Gasteiger partial charge in [0.05, 0.1) is 0 Å². The number of carbonyl (C=O) groups excluding carboxylic acids is 2. The number of carbonyl (C=O) groups is 2. The molecule has 1 N–H and O–H groups in total. The Kier molecular flexibility index (Phi) is 2.99. The predicted molar refractivity (Wildman–Crippen MR) is 65.3 cm³/mol. The van der Waals surface area contributed by atoms with E-state index >= 15 is 0 Å². The van der Waals surface area contributed by atoms with Crippen LogP contribution in [0.2, 0.25) is 0 Å². The van der Waals surface area contributed by atoms with Crippen molar-refractivity contribution in [1.29, 1.82) is 0 Å². The van der Waals surface area contributed by atoms with Crippen LogP contribution in [-0.4, -0.2) is 23.0 Å². The Labute approximate surface area is 106 Å². The molecule has 96 valence electrons. The molecule has 1 spiro atoms. The summed E-state index contributed by atoms with van der Waals surface area (Å²) in [7, 11) is 0. The molecule has 1 heterocycles. The molecule has 4 atom stereocenters. The van der Waals surface area contributed by atoms with E-state index in [-0.39, 0.29) is 17.5 Å². The summed E-state index contributed by atoms with van der Waals surface area (Å²) in [6.07, 6.45) is 5.53. The second-order valence-electron chi connectivity index (χ2n) is 4.73. The largest absolute Gasteiger partial charge is 0.428 e. The number of hydrogen-bond donors (Lipinski definition) is 1. The quantitative estimate of drug-likeness (QED) is 0.562. The molecule has 2 aliphatic rings. The lowest BCUT2D eigenvalue weighted by molar-refractivity contribution is -0.155. The van der Waals surface area contributed by atoms with Crippen LogP contribution in [0.15, 0.2) is 36.6 Å². The lowest BCUT2D eigenvalue weighted by atomic mass is 9.60. The van der Waals surface area contributed by atoms with Crippen molar-refractivity contribution in [2.24, 2.45) is 17.3 Å². The van der Waals surface area contributed by atoms with Crippen molar-refractivity contribution >= 4 is 11.8 Å². The van der Waals surface area contributed by atoms with Gasteiger partial charge in [-0.2, -0.15) is 0 Å². The molecule has 1 aliphatic carbocycles. The van der Waals surface area contributed by atoms with Crippen molar-refractivity contribution in [1.82, 2.24) is 0 Å². The van der Waals surface area contributed by atoms with E-state index in [4.69, 9.17) is 4.74 Å². The Morgan fingerprint density at radius 3 is 2.67 bits per heavy atom. The minimum Gasteiger partial charge on any atom is -0.428 e. The SMILES string of the molecule is C=C1OC(=O)C2(C(C=CC)C=CC(=O)C2C)C1O. The van der Waals surface area contributed by atoms with Gasteiger partial charge in [0.1, 0.15) is 17.3 Å². The monoisotopic (exact) mass is 248 g/mol. The van der Waals surface area contributed by atoms with Crippen LogP contribution >= 0.6 is 0 Å². The molecule has 0 amide bonds. The second kappa shape index (κ2) is 4.21. The van der Waals surface area contributed by atoms with E-state index in [0.29, 0.717) is 0 Å². The summed E-state index contributed by atoms with van der Waals surface area (Å²) in [4.78, 5) is 24.0. The van der Waals surface area contributed by atoms with E-state index in [0.717, 1.165) is 0 Å². The summed E-state index contributed by atoms with van der Waals surface area (Å²) in [5.74, 6) is -1.73. The zero-order valence-electron chi connectivity index (χ0n) is 10.4. The number of aliphatic hydroxyl groups is 1. The highest BCUT2D eigenvalue weighted by Crippen LogP contribution is 2.51. The topological polar surface area (TPSA) is 63.6 Å². The van der Waals surface area contributed by atoms with Gasteiger partial charge in [-0.15, -0.1) is 0 Å². The van der Waals surface area contributed by atoms with Gasteiger partial charge in [0.15, 0.2) is 5.78 Å². The summed E-state index contributed by atoms with van der Waals surface area (Å²) in [6.45, 7) is 7.00. The molecule has 0 saturated carbocycles. The number of ketones is 1. The molecule has 0 bridgehead atoms. The van der Waals surface area contributed by atoms with Crippen LogP contribution in [0.5, 0.6) is 0 Å². The molecule has 4 heteroatoms. The normalized spacial score (nSPS) is 39.9. The molecule has 4 nitrogen and oxygen atoms in total. The van der Waals surface area contributed by atoms with Gasteiger partial charge in [0, 0.05) is 11.8 Å². The Morgan fingerprint density at radius 2 is 2.17 bits per heavy atom. The summed E-state index contributed by atoms with van der Waals surface area (Å²) in [6, 6.07) is 0. The molecule has 0 aromatic carbocycles. The fourth-order valence-corrected chi connectivity index (χ4v) is 2.83. The van der Waals surface area contributed by atoms with Crippen LogP contribution in [0.25, 0.3) is 0 Å². The highest BCUT2D eigenvalue weighted by atomic mass is 16.6. The fourth-order valence-electron chi connectivity index (χ4n) is 2.83. The van der Waals surface area contributed by atoms with Crippen molar-refractivity contribution in [2.75, 3.05) is 0 Å². The average molecular weight is 248 g/mol. The number of hydrogen-bond acceptors (Lipinski definition) is 4. The molecular weight excluding hydrogens is 232 g/mol. The molecule has 18 heavy (non-hydrogen) atoms. The van der Waals surface area contributed by atoms with Gasteiger partial charge in [-0.3, -0.25) is 9.59 Å². The van der Waals surface area contributed by atoms with Crippen molar-refractivity contribution in [3.05, 3.63) is 36.6 Å². The van der Waals surface area contributed by atoms with Gasteiger partial charge in [0.2, 0.25) is 0 Å². The zero-order chi connectivity index (χ0) is 13.5.